The number of likely N-dealkylation sites (N-methyl/N-ethyl adjacent to an activating group) is 1. The van der Waals surface area contributed by atoms with Gasteiger partial charge in [0.2, 0.25) is 0 Å². The van der Waals surface area contributed by atoms with Crippen molar-refractivity contribution in [3.8, 4) is 0 Å². The van der Waals surface area contributed by atoms with Crippen molar-refractivity contribution in [1.82, 2.24) is 9.32 Å². The summed E-state index contributed by atoms with van der Waals surface area (Å²) >= 11 is 11.4. The standard InChI is InChI=1S/C6H10Cl2N2O/c1-6(3-7)4-9(2)5(11)10(6)8/h3-4H2,1-2H3/t6-/m1/s1. The first-order chi connectivity index (χ1) is 5.01. The van der Waals surface area contributed by atoms with E-state index < -0.39 is 5.54 Å². The number of rotatable bonds is 1. The molecule has 1 atom stereocenters. The van der Waals surface area contributed by atoms with Crippen molar-refractivity contribution >= 4 is 29.4 Å². The number of urea groups is 1. The van der Waals surface area contributed by atoms with Crippen LogP contribution in [0.3, 0.4) is 0 Å². The monoisotopic (exact) mass is 196 g/mol. The van der Waals surface area contributed by atoms with Crippen LogP contribution in [0.25, 0.3) is 0 Å². The number of nitrogens with zero attached hydrogens (tertiary/aromatic N) is 2. The van der Waals surface area contributed by atoms with Crippen LogP contribution in [0.5, 0.6) is 0 Å². The SMILES string of the molecule is CN1C[C@@](C)(CCl)N(Cl)C1=O. The molecule has 0 aromatic carbocycles. The number of amides is 2. The van der Waals surface area contributed by atoms with Gasteiger partial charge in [0.05, 0.1) is 5.54 Å². The van der Waals surface area contributed by atoms with Crippen molar-refractivity contribution in [1.29, 1.82) is 0 Å². The fraction of sp³-hybridized carbons (Fsp3) is 0.833. The van der Waals surface area contributed by atoms with Gasteiger partial charge < -0.3 is 4.90 Å². The van der Waals surface area contributed by atoms with Crippen molar-refractivity contribution in [3.05, 3.63) is 0 Å². The normalized spacial score (nSPS) is 31.8. The highest BCUT2D eigenvalue weighted by molar-refractivity contribution is 6.24. The van der Waals surface area contributed by atoms with Crippen molar-refractivity contribution in [2.75, 3.05) is 19.5 Å². The highest BCUT2D eigenvalue weighted by Crippen LogP contribution is 2.28. The Bertz CT molecular complexity index is 187. The third-order valence-electron chi connectivity index (χ3n) is 1.83. The molecule has 1 heterocycles. The molecule has 1 aliphatic heterocycles. The van der Waals surface area contributed by atoms with Gasteiger partial charge in [0.25, 0.3) is 0 Å². The molecule has 0 saturated carbocycles. The molecular weight excluding hydrogens is 187 g/mol. The first-order valence-corrected chi connectivity index (χ1v) is 4.15. The van der Waals surface area contributed by atoms with Gasteiger partial charge >= 0.3 is 6.03 Å². The Hall–Kier alpha value is -0.150. The van der Waals surface area contributed by atoms with Crippen LogP contribution in [0.1, 0.15) is 6.92 Å². The molecule has 0 radical (unpaired) electrons. The number of alkyl halides is 1. The lowest BCUT2D eigenvalue weighted by molar-refractivity contribution is 0.211. The number of hydrogen-bond donors (Lipinski definition) is 0. The lowest BCUT2D eigenvalue weighted by Crippen LogP contribution is -2.40. The summed E-state index contributed by atoms with van der Waals surface area (Å²) in [5, 5.41) is 0. The minimum atomic E-state index is -0.422. The minimum absolute atomic E-state index is 0.185. The van der Waals surface area contributed by atoms with Gasteiger partial charge in [-0.05, 0) is 6.92 Å². The molecule has 5 heteroatoms. The third kappa shape index (κ3) is 1.27. The Morgan fingerprint density at radius 2 is 2.27 bits per heavy atom. The van der Waals surface area contributed by atoms with E-state index in [-0.39, 0.29) is 6.03 Å². The summed E-state index contributed by atoms with van der Waals surface area (Å²) in [5.74, 6) is 0.354. The maximum atomic E-state index is 11.1. The van der Waals surface area contributed by atoms with Crippen LogP contribution >= 0.6 is 23.4 Å². The topological polar surface area (TPSA) is 23.6 Å². The fourth-order valence-electron chi connectivity index (χ4n) is 1.12. The molecule has 1 aliphatic rings. The lowest BCUT2D eigenvalue weighted by atomic mass is 10.1. The number of carbonyl (C=O) groups is 1. The zero-order valence-corrected chi connectivity index (χ0v) is 7.98. The summed E-state index contributed by atoms with van der Waals surface area (Å²) in [6, 6.07) is -0.185. The Morgan fingerprint density at radius 1 is 1.73 bits per heavy atom. The van der Waals surface area contributed by atoms with E-state index in [9.17, 15) is 4.79 Å². The minimum Gasteiger partial charge on any atom is -0.324 e. The Morgan fingerprint density at radius 3 is 2.45 bits per heavy atom. The maximum Gasteiger partial charge on any atom is 0.335 e. The van der Waals surface area contributed by atoms with Gasteiger partial charge in [0, 0.05) is 31.2 Å². The molecule has 0 aliphatic carbocycles. The molecule has 1 rings (SSSR count). The van der Waals surface area contributed by atoms with Gasteiger partial charge in [0.15, 0.2) is 0 Å². The van der Waals surface area contributed by atoms with E-state index in [2.05, 4.69) is 0 Å². The molecule has 0 spiro atoms. The van der Waals surface area contributed by atoms with E-state index in [1.54, 1.807) is 11.9 Å². The van der Waals surface area contributed by atoms with Crippen LogP contribution in [0, 0.1) is 0 Å². The van der Waals surface area contributed by atoms with Crippen LogP contribution in [-0.4, -0.2) is 40.4 Å². The molecule has 11 heavy (non-hydrogen) atoms. The average molecular weight is 197 g/mol. The summed E-state index contributed by atoms with van der Waals surface area (Å²) in [6.07, 6.45) is 0. The van der Waals surface area contributed by atoms with Crippen LogP contribution in [0.15, 0.2) is 0 Å². The summed E-state index contributed by atoms with van der Waals surface area (Å²) in [6.45, 7) is 2.44. The zero-order chi connectivity index (χ0) is 8.65. The molecule has 0 bridgehead atoms. The highest BCUT2D eigenvalue weighted by Gasteiger charge is 2.43. The summed E-state index contributed by atoms with van der Waals surface area (Å²) in [4.78, 5) is 12.7. The van der Waals surface area contributed by atoms with Gasteiger partial charge in [-0.2, -0.15) is 0 Å². The highest BCUT2D eigenvalue weighted by atomic mass is 35.5. The number of halogens is 2. The largest absolute Gasteiger partial charge is 0.335 e. The van der Waals surface area contributed by atoms with Gasteiger partial charge in [-0.3, -0.25) is 0 Å². The maximum absolute atomic E-state index is 11.1. The van der Waals surface area contributed by atoms with Crippen LogP contribution in [0.4, 0.5) is 4.79 Å². The third-order valence-corrected chi connectivity index (χ3v) is 2.96. The van der Waals surface area contributed by atoms with E-state index in [4.69, 9.17) is 23.4 Å². The summed E-state index contributed by atoms with van der Waals surface area (Å²) in [7, 11) is 1.70. The second-order valence-corrected chi connectivity index (χ2v) is 3.66. The zero-order valence-electron chi connectivity index (χ0n) is 6.47. The molecule has 1 fully saturated rings. The van der Waals surface area contributed by atoms with Gasteiger partial charge in [-0.25, -0.2) is 9.21 Å². The van der Waals surface area contributed by atoms with Crippen LogP contribution in [-0.2, 0) is 0 Å². The molecule has 0 aromatic heterocycles. The summed E-state index contributed by atoms with van der Waals surface area (Å²) < 4.78 is 1.17. The quantitative estimate of drug-likeness (QED) is 0.461. The van der Waals surface area contributed by atoms with Crippen LogP contribution < -0.4 is 0 Å². The fourth-order valence-corrected chi connectivity index (χ4v) is 1.62. The first kappa shape index (κ1) is 8.94. The van der Waals surface area contributed by atoms with Gasteiger partial charge in [-0.1, -0.05) is 0 Å². The predicted octanol–water partition coefficient (Wildman–Crippen LogP) is 1.51. The Balaban J connectivity index is 2.82. The lowest BCUT2D eigenvalue weighted by Gasteiger charge is -2.24. The Kier molecular flexibility index (Phi) is 2.21. The van der Waals surface area contributed by atoms with Gasteiger partial charge in [-0.15, -0.1) is 11.6 Å². The smallest absolute Gasteiger partial charge is 0.324 e. The van der Waals surface area contributed by atoms with E-state index in [0.29, 0.717) is 12.4 Å². The number of hydrogen-bond acceptors (Lipinski definition) is 1. The second-order valence-electron chi connectivity index (χ2n) is 3.05. The van der Waals surface area contributed by atoms with Crippen molar-refractivity contribution in [2.45, 2.75) is 12.5 Å². The van der Waals surface area contributed by atoms with Crippen molar-refractivity contribution < 1.29 is 4.79 Å². The first-order valence-electron chi connectivity index (χ1n) is 3.28. The molecule has 0 aromatic rings. The van der Waals surface area contributed by atoms with E-state index in [0.717, 1.165) is 0 Å². The molecular formula is C6H10Cl2N2O. The predicted molar refractivity (Wildman–Crippen MR) is 44.8 cm³/mol. The molecule has 0 unspecified atom stereocenters. The Labute approximate surface area is 76.0 Å². The number of carbonyl (C=O) groups excluding carboxylic acids is 1. The van der Waals surface area contributed by atoms with Crippen LogP contribution in [0.2, 0.25) is 0 Å². The molecule has 64 valence electrons. The molecule has 3 nitrogen and oxygen atoms in total. The van der Waals surface area contributed by atoms with Gasteiger partial charge in [0.1, 0.15) is 0 Å². The van der Waals surface area contributed by atoms with Crippen molar-refractivity contribution in [3.63, 3.8) is 0 Å². The van der Waals surface area contributed by atoms with E-state index in [1.165, 1.54) is 4.42 Å². The second kappa shape index (κ2) is 2.72. The molecule has 2 amide bonds. The van der Waals surface area contributed by atoms with E-state index in [1.807, 2.05) is 6.92 Å². The molecule has 1 saturated heterocycles. The molecule has 0 N–H and O–H groups in total. The van der Waals surface area contributed by atoms with E-state index >= 15 is 0 Å². The average Bonchev–Trinajstić information content (AvgIpc) is 2.17. The summed E-state index contributed by atoms with van der Waals surface area (Å²) in [5.41, 5.74) is -0.422. The van der Waals surface area contributed by atoms with Crippen molar-refractivity contribution in [2.24, 2.45) is 0 Å².